The van der Waals surface area contributed by atoms with E-state index in [1.165, 1.54) is 0 Å². The number of morpholine rings is 1. The first-order valence-electron chi connectivity index (χ1n) is 7.26. The molecular formula is C15H21ClN2O3. The van der Waals surface area contributed by atoms with Gasteiger partial charge in [-0.15, -0.1) is 0 Å². The fourth-order valence-electron chi connectivity index (χ4n) is 2.28. The van der Waals surface area contributed by atoms with E-state index in [-0.39, 0.29) is 11.9 Å². The van der Waals surface area contributed by atoms with Crippen LogP contribution in [0.2, 0.25) is 5.02 Å². The molecule has 1 aliphatic heterocycles. The van der Waals surface area contributed by atoms with Crippen LogP contribution < -0.4 is 4.90 Å². The summed E-state index contributed by atoms with van der Waals surface area (Å²) in [5.41, 5.74) is 0.817. The molecule has 1 aromatic heterocycles. The third kappa shape index (κ3) is 4.58. The molecule has 0 amide bonds. The van der Waals surface area contributed by atoms with Crippen LogP contribution in [0.15, 0.2) is 12.1 Å². The van der Waals surface area contributed by atoms with Gasteiger partial charge in [0.1, 0.15) is 5.82 Å². The van der Waals surface area contributed by atoms with Gasteiger partial charge in [0.05, 0.1) is 26.2 Å². The first kappa shape index (κ1) is 16.0. The molecule has 1 aliphatic rings. The minimum Gasteiger partial charge on any atom is -0.466 e. The SMILES string of the molecule is CCOC(=O)C[C@H](C)c1cc(Cl)cc(N2CCOCC2)n1. The quantitative estimate of drug-likeness (QED) is 0.782. The van der Waals surface area contributed by atoms with E-state index in [0.717, 1.165) is 24.6 Å². The molecule has 0 N–H and O–H groups in total. The van der Waals surface area contributed by atoms with Gasteiger partial charge in [-0.25, -0.2) is 4.98 Å². The highest BCUT2D eigenvalue weighted by Gasteiger charge is 2.18. The average molecular weight is 313 g/mol. The van der Waals surface area contributed by atoms with E-state index in [1.807, 2.05) is 19.1 Å². The fourth-order valence-corrected chi connectivity index (χ4v) is 2.49. The second kappa shape index (κ2) is 7.61. The van der Waals surface area contributed by atoms with E-state index in [1.54, 1.807) is 6.92 Å². The van der Waals surface area contributed by atoms with Gasteiger partial charge in [0.15, 0.2) is 0 Å². The minimum atomic E-state index is -0.209. The van der Waals surface area contributed by atoms with Crippen LogP contribution in [0.4, 0.5) is 5.82 Å². The lowest BCUT2D eigenvalue weighted by Crippen LogP contribution is -2.36. The van der Waals surface area contributed by atoms with Gasteiger partial charge in [0.2, 0.25) is 0 Å². The van der Waals surface area contributed by atoms with Crippen molar-refractivity contribution in [2.75, 3.05) is 37.8 Å². The van der Waals surface area contributed by atoms with E-state index in [9.17, 15) is 4.79 Å². The molecule has 1 fully saturated rings. The van der Waals surface area contributed by atoms with E-state index in [0.29, 0.717) is 31.3 Å². The van der Waals surface area contributed by atoms with Gasteiger partial charge < -0.3 is 14.4 Å². The Morgan fingerprint density at radius 2 is 2.19 bits per heavy atom. The smallest absolute Gasteiger partial charge is 0.306 e. The maximum absolute atomic E-state index is 11.6. The molecule has 21 heavy (non-hydrogen) atoms. The molecule has 0 saturated carbocycles. The Balaban J connectivity index is 2.12. The summed E-state index contributed by atoms with van der Waals surface area (Å²) in [4.78, 5) is 18.4. The van der Waals surface area contributed by atoms with Crippen LogP contribution in [0.1, 0.15) is 31.9 Å². The highest BCUT2D eigenvalue weighted by Crippen LogP contribution is 2.26. The molecule has 0 spiro atoms. The zero-order valence-corrected chi connectivity index (χ0v) is 13.2. The van der Waals surface area contributed by atoms with Gasteiger partial charge in [-0.05, 0) is 19.1 Å². The van der Waals surface area contributed by atoms with E-state index in [4.69, 9.17) is 21.1 Å². The summed E-state index contributed by atoms with van der Waals surface area (Å²) in [6.07, 6.45) is 0.309. The Kier molecular flexibility index (Phi) is 5.82. The summed E-state index contributed by atoms with van der Waals surface area (Å²) in [5, 5.41) is 0.636. The summed E-state index contributed by atoms with van der Waals surface area (Å²) in [6.45, 7) is 7.16. The molecule has 1 saturated heterocycles. The first-order valence-corrected chi connectivity index (χ1v) is 7.63. The van der Waals surface area contributed by atoms with Crippen LogP contribution in [0.5, 0.6) is 0 Å². The van der Waals surface area contributed by atoms with Crippen LogP contribution in [-0.4, -0.2) is 43.9 Å². The molecule has 2 rings (SSSR count). The first-order chi connectivity index (χ1) is 10.1. The highest BCUT2D eigenvalue weighted by atomic mass is 35.5. The maximum Gasteiger partial charge on any atom is 0.306 e. The number of rotatable bonds is 5. The van der Waals surface area contributed by atoms with Crippen LogP contribution in [-0.2, 0) is 14.3 Å². The molecule has 2 heterocycles. The number of carbonyl (C=O) groups is 1. The monoisotopic (exact) mass is 312 g/mol. The Hall–Kier alpha value is -1.33. The normalized spacial score (nSPS) is 16.6. The van der Waals surface area contributed by atoms with Crippen molar-refractivity contribution in [1.82, 2.24) is 4.98 Å². The van der Waals surface area contributed by atoms with Crippen LogP contribution in [0, 0.1) is 0 Å². The third-order valence-corrected chi connectivity index (χ3v) is 3.63. The molecule has 0 unspecified atom stereocenters. The fraction of sp³-hybridized carbons (Fsp3) is 0.600. The molecule has 0 bridgehead atoms. The second-order valence-corrected chi connectivity index (χ2v) is 5.51. The molecule has 1 aromatic rings. The number of anilines is 1. The minimum absolute atomic E-state index is 0.0254. The number of aromatic nitrogens is 1. The molecule has 0 aliphatic carbocycles. The number of nitrogens with zero attached hydrogens (tertiary/aromatic N) is 2. The summed E-state index contributed by atoms with van der Waals surface area (Å²) >= 11 is 6.20. The van der Waals surface area contributed by atoms with Crippen molar-refractivity contribution in [1.29, 1.82) is 0 Å². The van der Waals surface area contributed by atoms with Crippen molar-refractivity contribution < 1.29 is 14.3 Å². The Morgan fingerprint density at radius 1 is 1.48 bits per heavy atom. The molecule has 0 radical (unpaired) electrons. The lowest BCUT2D eigenvalue weighted by molar-refractivity contribution is -0.143. The summed E-state index contributed by atoms with van der Waals surface area (Å²) < 4.78 is 10.3. The largest absolute Gasteiger partial charge is 0.466 e. The number of ether oxygens (including phenoxy) is 2. The van der Waals surface area contributed by atoms with Gasteiger partial charge >= 0.3 is 5.97 Å². The lowest BCUT2D eigenvalue weighted by Gasteiger charge is -2.28. The molecule has 5 nitrogen and oxygen atoms in total. The average Bonchev–Trinajstić information content (AvgIpc) is 2.47. The predicted octanol–water partition coefficient (Wildman–Crippen LogP) is 2.63. The topological polar surface area (TPSA) is 51.7 Å². The van der Waals surface area contributed by atoms with Gasteiger partial charge in [-0.2, -0.15) is 0 Å². The molecule has 6 heteroatoms. The van der Waals surface area contributed by atoms with Gasteiger partial charge in [-0.3, -0.25) is 4.79 Å². The highest BCUT2D eigenvalue weighted by molar-refractivity contribution is 6.30. The maximum atomic E-state index is 11.6. The van der Waals surface area contributed by atoms with Gasteiger partial charge in [0.25, 0.3) is 0 Å². The molecule has 0 aromatic carbocycles. The number of hydrogen-bond acceptors (Lipinski definition) is 5. The van der Waals surface area contributed by atoms with Crippen molar-refractivity contribution in [3.63, 3.8) is 0 Å². The van der Waals surface area contributed by atoms with E-state index >= 15 is 0 Å². The standard InChI is InChI=1S/C15H21ClN2O3/c1-3-21-15(19)8-11(2)13-9-12(16)10-14(17-13)18-4-6-20-7-5-18/h9-11H,3-8H2,1-2H3/t11-/m0/s1. The number of hydrogen-bond donors (Lipinski definition) is 0. The Bertz CT molecular complexity index is 490. The van der Waals surface area contributed by atoms with Crippen LogP contribution >= 0.6 is 11.6 Å². The molecule has 1 atom stereocenters. The number of esters is 1. The number of halogens is 1. The summed E-state index contributed by atoms with van der Waals surface area (Å²) in [6, 6.07) is 3.67. The number of pyridine rings is 1. The van der Waals surface area contributed by atoms with E-state index in [2.05, 4.69) is 9.88 Å². The zero-order chi connectivity index (χ0) is 15.2. The van der Waals surface area contributed by atoms with Crippen molar-refractivity contribution in [3.8, 4) is 0 Å². The van der Waals surface area contributed by atoms with Gasteiger partial charge in [0, 0.05) is 29.7 Å². The molecular weight excluding hydrogens is 292 g/mol. The Labute approximate surface area is 130 Å². The van der Waals surface area contributed by atoms with Crippen molar-refractivity contribution in [3.05, 3.63) is 22.8 Å². The summed E-state index contributed by atoms with van der Waals surface area (Å²) in [5.74, 6) is 0.610. The predicted molar refractivity (Wildman–Crippen MR) is 81.9 cm³/mol. The third-order valence-electron chi connectivity index (χ3n) is 3.41. The van der Waals surface area contributed by atoms with Crippen molar-refractivity contribution >= 4 is 23.4 Å². The van der Waals surface area contributed by atoms with Gasteiger partial charge in [-0.1, -0.05) is 18.5 Å². The van der Waals surface area contributed by atoms with Crippen molar-refractivity contribution in [2.24, 2.45) is 0 Å². The second-order valence-electron chi connectivity index (χ2n) is 5.08. The zero-order valence-electron chi connectivity index (χ0n) is 12.5. The Morgan fingerprint density at radius 3 is 2.86 bits per heavy atom. The lowest BCUT2D eigenvalue weighted by atomic mass is 10.0. The van der Waals surface area contributed by atoms with Crippen LogP contribution in [0.3, 0.4) is 0 Å². The van der Waals surface area contributed by atoms with Crippen molar-refractivity contribution in [2.45, 2.75) is 26.2 Å². The summed E-state index contributed by atoms with van der Waals surface area (Å²) in [7, 11) is 0. The van der Waals surface area contributed by atoms with Crippen LogP contribution in [0.25, 0.3) is 0 Å². The number of carbonyl (C=O) groups excluding carboxylic acids is 1. The van der Waals surface area contributed by atoms with E-state index < -0.39 is 0 Å². The molecule has 116 valence electrons.